The number of amides is 3. The number of allylic oxidation sites excluding steroid dienone is 1. The Morgan fingerprint density at radius 2 is 1.97 bits per heavy atom. The van der Waals surface area contributed by atoms with Gasteiger partial charge in [0.2, 0.25) is 0 Å². The topological polar surface area (TPSA) is 148 Å². The van der Waals surface area contributed by atoms with Crippen molar-refractivity contribution in [3.8, 4) is 17.2 Å². The fraction of sp³-hybridized carbons (Fsp3) is 0.250. The van der Waals surface area contributed by atoms with E-state index in [4.69, 9.17) is 14.2 Å². The minimum atomic E-state index is -0.770. The number of halogens is 2. The maximum absolute atomic E-state index is 12.5. The average Bonchev–Trinajstić information content (AvgIpc) is 2.85. The molecular weight excluding hydrogens is 710 g/mol. The van der Waals surface area contributed by atoms with E-state index in [0.29, 0.717) is 26.1 Å². The first-order chi connectivity index (χ1) is 17.6. The van der Waals surface area contributed by atoms with Crippen LogP contribution in [0.5, 0.6) is 17.2 Å². The summed E-state index contributed by atoms with van der Waals surface area (Å²) >= 11 is 4.13. The highest BCUT2D eigenvalue weighted by Gasteiger charge is 2.32. The fourth-order valence-electron chi connectivity index (χ4n) is 3.44. The molecule has 2 aromatic carbocycles. The number of methoxy groups -OCH3 is 1. The number of carbonyl (C=O) groups is 3. The van der Waals surface area contributed by atoms with Gasteiger partial charge in [-0.05, 0) is 88.9 Å². The van der Waals surface area contributed by atoms with Crippen LogP contribution >= 0.6 is 45.2 Å². The van der Waals surface area contributed by atoms with Crippen LogP contribution in [0.3, 0.4) is 0 Å². The molecule has 1 heterocycles. The maximum Gasteiger partial charge on any atom is 0.338 e. The van der Waals surface area contributed by atoms with Crippen molar-refractivity contribution in [2.24, 2.45) is 5.10 Å². The van der Waals surface area contributed by atoms with E-state index in [1.807, 2.05) is 28.7 Å². The predicted octanol–water partition coefficient (Wildman–Crippen LogP) is 3.33. The number of ether oxygens (including phenoxy) is 3. The van der Waals surface area contributed by atoms with E-state index in [1.54, 1.807) is 38.1 Å². The quantitative estimate of drug-likeness (QED) is 0.134. The molecule has 13 heteroatoms. The summed E-state index contributed by atoms with van der Waals surface area (Å²) in [6.07, 6.45) is 1.34. The number of nitrogens with zero attached hydrogens (tertiary/aromatic N) is 1. The summed E-state index contributed by atoms with van der Waals surface area (Å²) in [4.78, 5) is 36.8. The number of rotatable bonds is 9. The zero-order chi connectivity index (χ0) is 27.1. The molecule has 0 saturated carbocycles. The number of hydrogen-bond donors (Lipinski definition) is 4. The van der Waals surface area contributed by atoms with Crippen molar-refractivity contribution >= 4 is 69.3 Å². The van der Waals surface area contributed by atoms with Crippen LogP contribution in [0.1, 0.15) is 31.0 Å². The Balaban J connectivity index is 1.70. The molecule has 2 aromatic rings. The molecule has 0 unspecified atom stereocenters. The summed E-state index contributed by atoms with van der Waals surface area (Å²) in [5.74, 6) is -0.450. The Morgan fingerprint density at radius 3 is 2.68 bits per heavy atom. The molecule has 11 nitrogen and oxygen atoms in total. The van der Waals surface area contributed by atoms with Gasteiger partial charge in [0.05, 0.1) is 35.1 Å². The molecule has 4 N–H and O–H groups in total. The number of esters is 1. The number of phenols is 1. The third-order valence-electron chi connectivity index (χ3n) is 5.09. The molecule has 0 spiro atoms. The van der Waals surface area contributed by atoms with Gasteiger partial charge in [-0.2, -0.15) is 5.10 Å². The number of phenolic OH excluding ortho intramolecular Hbond substituents is 1. The van der Waals surface area contributed by atoms with Gasteiger partial charge >= 0.3 is 12.0 Å². The number of carbonyl (C=O) groups excluding carboxylic acids is 3. The molecule has 0 saturated heterocycles. The molecule has 3 amide bonds. The van der Waals surface area contributed by atoms with Gasteiger partial charge in [-0.25, -0.2) is 15.0 Å². The van der Waals surface area contributed by atoms with Crippen LogP contribution in [-0.2, 0) is 14.3 Å². The zero-order valence-corrected chi connectivity index (χ0v) is 24.4. The number of hydrogen-bond acceptors (Lipinski definition) is 8. The highest BCUT2D eigenvalue weighted by atomic mass is 127. The van der Waals surface area contributed by atoms with Gasteiger partial charge < -0.3 is 30.0 Å². The Labute approximate surface area is 240 Å². The zero-order valence-electron chi connectivity index (χ0n) is 20.1. The molecule has 3 rings (SSSR count). The molecule has 0 aliphatic carbocycles. The van der Waals surface area contributed by atoms with Crippen molar-refractivity contribution in [1.82, 2.24) is 16.1 Å². The smallest absolute Gasteiger partial charge is 0.338 e. The normalized spacial score (nSPS) is 15.2. The Kier molecular flexibility index (Phi) is 9.96. The third-order valence-corrected chi connectivity index (χ3v) is 6.54. The SMILES string of the molecule is CCOC(=O)C1=C(C)NC(=O)N[C@@H]1c1ccc(OCC(=O)N/N=C\c2cc(I)cc(I)c2O)c(OC)c1. The van der Waals surface area contributed by atoms with Crippen LogP contribution in [0, 0.1) is 7.14 Å². The first-order valence-electron chi connectivity index (χ1n) is 10.9. The van der Waals surface area contributed by atoms with E-state index >= 15 is 0 Å². The minimum Gasteiger partial charge on any atom is -0.506 e. The number of benzene rings is 2. The van der Waals surface area contributed by atoms with E-state index in [-0.39, 0.29) is 30.3 Å². The monoisotopic (exact) mass is 734 g/mol. The van der Waals surface area contributed by atoms with E-state index in [2.05, 4.69) is 43.8 Å². The lowest BCUT2D eigenvalue weighted by Gasteiger charge is -2.28. The molecule has 0 bridgehead atoms. The minimum absolute atomic E-state index is 0.0705. The molecule has 1 atom stereocenters. The molecular formula is C24H24I2N4O7. The fourth-order valence-corrected chi connectivity index (χ4v) is 5.33. The van der Waals surface area contributed by atoms with E-state index < -0.39 is 23.9 Å². The van der Waals surface area contributed by atoms with Gasteiger partial charge in [-0.15, -0.1) is 0 Å². The van der Waals surface area contributed by atoms with Crippen LogP contribution in [0.2, 0.25) is 0 Å². The first-order valence-corrected chi connectivity index (χ1v) is 13.1. The van der Waals surface area contributed by atoms with Gasteiger partial charge in [0.1, 0.15) is 5.75 Å². The average molecular weight is 734 g/mol. The first kappa shape index (κ1) is 28.5. The van der Waals surface area contributed by atoms with E-state index in [1.165, 1.54) is 13.3 Å². The summed E-state index contributed by atoms with van der Waals surface area (Å²) in [7, 11) is 1.43. The number of nitrogens with one attached hydrogen (secondary N) is 3. The Bertz CT molecular complexity index is 1280. The van der Waals surface area contributed by atoms with Gasteiger partial charge in [-0.1, -0.05) is 6.07 Å². The summed E-state index contributed by atoms with van der Waals surface area (Å²) in [6.45, 7) is 3.14. The van der Waals surface area contributed by atoms with Crippen LogP contribution in [0.4, 0.5) is 4.79 Å². The number of hydrazone groups is 1. The largest absolute Gasteiger partial charge is 0.506 e. The Hall–Kier alpha value is -3.08. The predicted molar refractivity (Wildman–Crippen MR) is 152 cm³/mol. The van der Waals surface area contributed by atoms with Gasteiger partial charge in [0.25, 0.3) is 5.91 Å². The second-order valence-corrected chi connectivity index (χ2v) is 10.0. The number of aromatic hydroxyl groups is 1. The molecule has 0 radical (unpaired) electrons. The standard InChI is InChI=1S/C24H24I2N4O7/c1-4-36-23(33)20-12(2)28-24(34)29-21(20)13-5-6-17(18(8-13)35-3)37-11-19(31)30-27-10-14-7-15(25)9-16(26)22(14)32/h5-10,21,32H,4,11H2,1-3H3,(H,30,31)(H2,28,29,34)/b27-10-/t21-/m1/s1. The lowest BCUT2D eigenvalue weighted by atomic mass is 9.95. The molecule has 1 aliphatic rings. The van der Waals surface area contributed by atoms with Crippen molar-refractivity contribution in [2.75, 3.05) is 20.3 Å². The second-order valence-electron chi connectivity index (χ2n) is 7.61. The highest BCUT2D eigenvalue weighted by molar-refractivity contribution is 14.1. The molecule has 0 fully saturated rings. The van der Waals surface area contributed by atoms with Crippen LogP contribution in [0.25, 0.3) is 0 Å². The van der Waals surface area contributed by atoms with Crippen molar-refractivity contribution in [3.05, 3.63) is 59.9 Å². The van der Waals surface area contributed by atoms with Crippen molar-refractivity contribution in [2.45, 2.75) is 19.9 Å². The summed E-state index contributed by atoms with van der Waals surface area (Å²) in [5, 5.41) is 19.3. The molecule has 196 valence electrons. The second kappa shape index (κ2) is 12.9. The summed E-state index contributed by atoms with van der Waals surface area (Å²) in [6, 6.07) is 7.14. The van der Waals surface area contributed by atoms with Gasteiger partial charge in [-0.3, -0.25) is 4.79 Å². The van der Waals surface area contributed by atoms with E-state index in [9.17, 15) is 19.5 Å². The van der Waals surface area contributed by atoms with E-state index in [0.717, 1.165) is 3.57 Å². The van der Waals surface area contributed by atoms with Crippen molar-refractivity contribution in [3.63, 3.8) is 0 Å². The lowest BCUT2D eigenvalue weighted by Crippen LogP contribution is -2.45. The lowest BCUT2D eigenvalue weighted by molar-refractivity contribution is -0.139. The van der Waals surface area contributed by atoms with Crippen LogP contribution < -0.4 is 25.5 Å². The summed E-state index contributed by atoms with van der Waals surface area (Å²) in [5.41, 5.74) is 4.02. The van der Waals surface area contributed by atoms with Crippen molar-refractivity contribution in [1.29, 1.82) is 0 Å². The number of urea groups is 1. The highest BCUT2D eigenvalue weighted by Crippen LogP contribution is 2.34. The molecule has 1 aliphatic heterocycles. The van der Waals surface area contributed by atoms with Crippen LogP contribution in [-0.4, -0.2) is 49.6 Å². The molecule has 0 aromatic heterocycles. The van der Waals surface area contributed by atoms with Crippen molar-refractivity contribution < 1.29 is 33.7 Å². The molecule has 37 heavy (non-hydrogen) atoms. The van der Waals surface area contributed by atoms with Gasteiger partial charge in [0, 0.05) is 14.8 Å². The van der Waals surface area contributed by atoms with Crippen LogP contribution in [0.15, 0.2) is 46.7 Å². The third kappa shape index (κ3) is 7.24. The Morgan fingerprint density at radius 1 is 1.22 bits per heavy atom. The maximum atomic E-state index is 12.5. The summed E-state index contributed by atoms with van der Waals surface area (Å²) < 4.78 is 17.7. The van der Waals surface area contributed by atoms with Gasteiger partial charge in [0.15, 0.2) is 18.1 Å².